The largest absolute Gasteiger partial charge is 0.321 e. The molecule has 0 spiro atoms. The Balaban J connectivity index is 2.04. The Morgan fingerprint density at radius 1 is 1.25 bits per heavy atom. The average molecular weight is 286 g/mol. The first-order chi connectivity index (χ1) is 9.74. The molecule has 0 bridgehead atoms. The van der Waals surface area contributed by atoms with Gasteiger partial charge in [0, 0.05) is 18.3 Å². The normalized spacial score (nSPS) is 14.9. The van der Waals surface area contributed by atoms with Crippen molar-refractivity contribution in [3.63, 3.8) is 0 Å². The molecule has 0 N–H and O–H groups in total. The van der Waals surface area contributed by atoms with Gasteiger partial charge in [0.25, 0.3) is 0 Å². The summed E-state index contributed by atoms with van der Waals surface area (Å²) >= 11 is 6.03. The van der Waals surface area contributed by atoms with Gasteiger partial charge in [0.05, 0.1) is 23.0 Å². The second-order valence-electron chi connectivity index (χ2n) is 5.05. The van der Waals surface area contributed by atoms with E-state index in [1.807, 2.05) is 19.2 Å². The van der Waals surface area contributed by atoms with E-state index in [9.17, 15) is 0 Å². The van der Waals surface area contributed by atoms with Crippen LogP contribution in [-0.4, -0.2) is 24.5 Å². The zero-order chi connectivity index (χ0) is 13.7. The van der Waals surface area contributed by atoms with Crippen molar-refractivity contribution in [2.75, 3.05) is 0 Å². The predicted octanol–water partition coefficient (Wildman–Crippen LogP) is 3.19. The first kappa shape index (κ1) is 11.8. The molecule has 0 radical (unpaired) electrons. The van der Waals surface area contributed by atoms with Crippen LogP contribution < -0.4 is 0 Å². The predicted molar refractivity (Wildman–Crippen MR) is 76.6 cm³/mol. The highest BCUT2D eigenvalue weighted by Crippen LogP contribution is 2.41. The average Bonchev–Trinajstić information content (AvgIpc) is 3.20. The van der Waals surface area contributed by atoms with Gasteiger partial charge in [-0.3, -0.25) is 0 Å². The number of hydrogen-bond acceptors (Lipinski definition) is 4. The van der Waals surface area contributed by atoms with E-state index in [0.29, 0.717) is 11.2 Å². The van der Waals surface area contributed by atoms with Gasteiger partial charge in [-0.1, -0.05) is 11.6 Å². The Kier molecular flexibility index (Phi) is 2.50. The molecule has 20 heavy (non-hydrogen) atoms. The number of fused-ring (bicyclic) bond motifs is 1. The van der Waals surface area contributed by atoms with E-state index < -0.39 is 0 Å². The molecule has 1 aliphatic rings. The molecule has 100 valence electrons. The zero-order valence-corrected chi connectivity index (χ0v) is 11.7. The van der Waals surface area contributed by atoms with Gasteiger partial charge in [0.2, 0.25) is 0 Å². The fraction of sp³-hybridized carbons (Fsp3) is 0.286. The quantitative estimate of drug-likeness (QED) is 0.679. The fourth-order valence-corrected chi connectivity index (χ4v) is 2.63. The Morgan fingerprint density at radius 2 is 2.10 bits per heavy atom. The Hall–Kier alpha value is -2.01. The van der Waals surface area contributed by atoms with Crippen molar-refractivity contribution in [1.29, 1.82) is 0 Å². The summed E-state index contributed by atoms with van der Waals surface area (Å²) in [6, 6.07) is 2.37. The van der Waals surface area contributed by atoms with E-state index in [1.165, 1.54) is 12.8 Å². The minimum Gasteiger partial charge on any atom is -0.321 e. The standard InChI is InChI=1S/C14H12ClN5/c1-8-10(5-16-7-18-8)14-19-11-6-17-13(15)4-12(11)20(14)9-2-3-9/h4-7,9H,2-3H2,1H3. The van der Waals surface area contributed by atoms with Gasteiger partial charge < -0.3 is 4.57 Å². The second kappa shape index (κ2) is 4.24. The van der Waals surface area contributed by atoms with Crippen LogP contribution in [0.25, 0.3) is 22.4 Å². The molecule has 3 aromatic heterocycles. The maximum absolute atomic E-state index is 6.03. The maximum atomic E-state index is 6.03. The van der Waals surface area contributed by atoms with Crippen LogP contribution in [0, 0.1) is 6.92 Å². The zero-order valence-electron chi connectivity index (χ0n) is 10.9. The van der Waals surface area contributed by atoms with Gasteiger partial charge in [0.1, 0.15) is 22.8 Å². The van der Waals surface area contributed by atoms with Crippen molar-refractivity contribution in [2.45, 2.75) is 25.8 Å². The van der Waals surface area contributed by atoms with Crippen molar-refractivity contribution in [3.05, 3.63) is 35.6 Å². The van der Waals surface area contributed by atoms with E-state index in [4.69, 9.17) is 16.6 Å². The van der Waals surface area contributed by atoms with Gasteiger partial charge in [-0.25, -0.2) is 19.9 Å². The molecule has 3 aromatic rings. The van der Waals surface area contributed by atoms with Crippen molar-refractivity contribution in [2.24, 2.45) is 0 Å². The molecule has 0 amide bonds. The van der Waals surface area contributed by atoms with Crippen LogP contribution in [0.15, 0.2) is 24.8 Å². The highest BCUT2D eigenvalue weighted by Gasteiger charge is 2.29. The third kappa shape index (κ3) is 1.78. The van der Waals surface area contributed by atoms with Crippen LogP contribution in [0.3, 0.4) is 0 Å². The SMILES string of the molecule is Cc1ncncc1-c1nc2cnc(Cl)cc2n1C1CC1. The minimum atomic E-state index is 0.492. The summed E-state index contributed by atoms with van der Waals surface area (Å²) < 4.78 is 2.24. The highest BCUT2D eigenvalue weighted by molar-refractivity contribution is 6.30. The summed E-state index contributed by atoms with van der Waals surface area (Å²) in [7, 11) is 0. The van der Waals surface area contributed by atoms with Gasteiger partial charge >= 0.3 is 0 Å². The summed E-state index contributed by atoms with van der Waals surface area (Å²) in [5.41, 5.74) is 3.79. The monoisotopic (exact) mass is 285 g/mol. The third-order valence-corrected chi connectivity index (χ3v) is 3.81. The second-order valence-corrected chi connectivity index (χ2v) is 5.44. The summed E-state index contributed by atoms with van der Waals surface area (Å²) in [6.45, 7) is 1.97. The van der Waals surface area contributed by atoms with E-state index in [-0.39, 0.29) is 0 Å². The van der Waals surface area contributed by atoms with Crippen molar-refractivity contribution in [1.82, 2.24) is 24.5 Å². The molecule has 1 fully saturated rings. The van der Waals surface area contributed by atoms with Crippen LogP contribution in [0.5, 0.6) is 0 Å². The summed E-state index contributed by atoms with van der Waals surface area (Å²) in [5.74, 6) is 0.907. The number of imidazole rings is 1. The number of pyridine rings is 1. The first-order valence-electron chi connectivity index (χ1n) is 6.54. The van der Waals surface area contributed by atoms with Crippen LogP contribution >= 0.6 is 11.6 Å². The molecule has 0 aliphatic heterocycles. The molecule has 3 heterocycles. The van der Waals surface area contributed by atoms with Crippen molar-refractivity contribution in [3.8, 4) is 11.4 Å². The smallest absolute Gasteiger partial charge is 0.144 e. The summed E-state index contributed by atoms with van der Waals surface area (Å²) in [6.07, 6.45) is 7.44. The molecule has 4 rings (SSSR count). The van der Waals surface area contributed by atoms with Crippen LogP contribution in [-0.2, 0) is 0 Å². The molecule has 1 saturated carbocycles. The van der Waals surface area contributed by atoms with E-state index in [0.717, 1.165) is 28.1 Å². The van der Waals surface area contributed by atoms with E-state index >= 15 is 0 Å². The van der Waals surface area contributed by atoms with Crippen LogP contribution in [0.1, 0.15) is 24.6 Å². The number of hydrogen-bond donors (Lipinski definition) is 0. The van der Waals surface area contributed by atoms with Gasteiger partial charge in [-0.05, 0) is 19.8 Å². The van der Waals surface area contributed by atoms with Gasteiger partial charge in [-0.2, -0.15) is 0 Å². The van der Waals surface area contributed by atoms with E-state index in [2.05, 4.69) is 19.5 Å². The van der Waals surface area contributed by atoms with E-state index in [1.54, 1.807) is 12.5 Å². The first-order valence-corrected chi connectivity index (χ1v) is 6.92. The number of aromatic nitrogens is 5. The fourth-order valence-electron chi connectivity index (χ4n) is 2.48. The molecule has 6 heteroatoms. The number of nitrogens with zero attached hydrogens (tertiary/aromatic N) is 5. The Labute approximate surface area is 120 Å². The lowest BCUT2D eigenvalue weighted by Gasteiger charge is -2.08. The summed E-state index contributed by atoms with van der Waals surface area (Å²) in [5, 5.41) is 0.492. The minimum absolute atomic E-state index is 0.492. The Bertz CT molecular complexity index is 806. The van der Waals surface area contributed by atoms with Gasteiger partial charge in [-0.15, -0.1) is 0 Å². The molecular formula is C14H12ClN5. The highest BCUT2D eigenvalue weighted by atomic mass is 35.5. The number of rotatable bonds is 2. The molecule has 0 unspecified atom stereocenters. The molecular weight excluding hydrogens is 274 g/mol. The molecule has 1 aliphatic carbocycles. The molecule has 0 saturated heterocycles. The van der Waals surface area contributed by atoms with Gasteiger partial charge in [0.15, 0.2) is 0 Å². The third-order valence-electron chi connectivity index (χ3n) is 3.61. The number of halogens is 1. The molecule has 0 aromatic carbocycles. The van der Waals surface area contributed by atoms with Crippen molar-refractivity contribution >= 4 is 22.6 Å². The lowest BCUT2D eigenvalue weighted by Crippen LogP contribution is -2.00. The maximum Gasteiger partial charge on any atom is 0.144 e. The molecule has 0 atom stereocenters. The molecule has 5 nitrogen and oxygen atoms in total. The van der Waals surface area contributed by atoms with Crippen LogP contribution in [0.2, 0.25) is 5.15 Å². The lowest BCUT2D eigenvalue weighted by molar-refractivity contribution is 0.773. The Morgan fingerprint density at radius 3 is 2.85 bits per heavy atom. The summed E-state index contributed by atoms with van der Waals surface area (Å²) in [4.78, 5) is 17.2. The van der Waals surface area contributed by atoms with Crippen molar-refractivity contribution < 1.29 is 0 Å². The van der Waals surface area contributed by atoms with Crippen LogP contribution in [0.4, 0.5) is 0 Å². The topological polar surface area (TPSA) is 56.5 Å². The number of aryl methyl sites for hydroxylation is 1. The lowest BCUT2D eigenvalue weighted by atomic mass is 10.2.